The van der Waals surface area contributed by atoms with Crippen molar-refractivity contribution in [1.29, 1.82) is 5.26 Å². The topological polar surface area (TPSA) is 72.3 Å². The van der Waals surface area contributed by atoms with E-state index in [-0.39, 0.29) is 0 Å². The van der Waals surface area contributed by atoms with Crippen molar-refractivity contribution in [3.05, 3.63) is 24.4 Å². The molecule has 6 nitrogen and oxygen atoms in total. The number of aryl methyl sites for hydroxylation is 1. The van der Waals surface area contributed by atoms with Crippen LogP contribution in [0, 0.1) is 11.3 Å². The number of aromatic nitrogens is 5. The van der Waals surface area contributed by atoms with Crippen LogP contribution in [0.25, 0.3) is 5.82 Å². The Bertz CT molecular complexity index is 446. The molecule has 0 saturated carbocycles. The van der Waals surface area contributed by atoms with Gasteiger partial charge in [-0.15, -0.1) is 10.2 Å². The van der Waals surface area contributed by atoms with Gasteiger partial charge in [-0.25, -0.2) is 0 Å². The second-order valence-electron chi connectivity index (χ2n) is 2.52. The lowest BCUT2D eigenvalue weighted by molar-refractivity contribution is 0.750. The first-order chi connectivity index (χ1) is 6.31. The van der Waals surface area contributed by atoms with Crippen molar-refractivity contribution < 1.29 is 0 Å². The smallest absolute Gasteiger partial charge is 0.179 e. The van der Waals surface area contributed by atoms with Crippen LogP contribution in [0.1, 0.15) is 5.56 Å². The predicted octanol–water partition coefficient (Wildman–Crippen LogP) is -0.128. The molecule has 13 heavy (non-hydrogen) atoms. The highest BCUT2D eigenvalue weighted by molar-refractivity contribution is 5.41. The molecule has 0 unspecified atom stereocenters. The fourth-order valence-electron chi connectivity index (χ4n) is 1.06. The Kier molecular flexibility index (Phi) is 1.56. The molecular weight excluding hydrogens is 168 g/mol. The first kappa shape index (κ1) is 7.49. The van der Waals surface area contributed by atoms with E-state index in [0.29, 0.717) is 11.4 Å². The van der Waals surface area contributed by atoms with Crippen LogP contribution in [0.2, 0.25) is 0 Å². The van der Waals surface area contributed by atoms with Crippen LogP contribution in [0.5, 0.6) is 0 Å². The van der Waals surface area contributed by atoms with E-state index in [1.165, 1.54) is 12.7 Å². The molecule has 0 aromatic carbocycles. The zero-order chi connectivity index (χ0) is 9.26. The molecule has 2 rings (SSSR count). The van der Waals surface area contributed by atoms with Crippen LogP contribution in [0.3, 0.4) is 0 Å². The van der Waals surface area contributed by atoms with Gasteiger partial charge in [0, 0.05) is 13.2 Å². The highest BCUT2D eigenvalue weighted by Gasteiger charge is 2.08. The first-order valence-electron chi connectivity index (χ1n) is 3.60. The third-order valence-corrected chi connectivity index (χ3v) is 1.59. The van der Waals surface area contributed by atoms with Crippen LogP contribution >= 0.6 is 0 Å². The Labute approximate surface area is 74.0 Å². The van der Waals surface area contributed by atoms with Crippen molar-refractivity contribution in [3.63, 3.8) is 0 Å². The van der Waals surface area contributed by atoms with Gasteiger partial charge in [0.1, 0.15) is 24.3 Å². The van der Waals surface area contributed by atoms with Gasteiger partial charge in [0.05, 0.1) is 0 Å². The molecule has 0 saturated heterocycles. The minimum atomic E-state index is 0.502. The largest absolute Gasteiger partial charge is 0.272 e. The SMILES string of the molecule is Cn1cc(C#N)c(-n2cnnc2)n1. The second kappa shape index (κ2) is 2.71. The summed E-state index contributed by atoms with van der Waals surface area (Å²) in [5.74, 6) is 0.551. The van der Waals surface area contributed by atoms with Crippen molar-refractivity contribution in [3.8, 4) is 11.9 Å². The summed E-state index contributed by atoms with van der Waals surface area (Å²) in [6.45, 7) is 0. The molecule has 0 aliphatic heterocycles. The third-order valence-electron chi connectivity index (χ3n) is 1.59. The molecule has 2 aromatic heterocycles. The zero-order valence-electron chi connectivity index (χ0n) is 6.92. The van der Waals surface area contributed by atoms with E-state index < -0.39 is 0 Å². The molecule has 0 spiro atoms. The Hall–Kier alpha value is -2.16. The van der Waals surface area contributed by atoms with Gasteiger partial charge in [-0.2, -0.15) is 10.4 Å². The molecule has 0 radical (unpaired) electrons. The maximum absolute atomic E-state index is 8.77. The van der Waals surface area contributed by atoms with Crippen molar-refractivity contribution in [2.24, 2.45) is 7.05 Å². The Morgan fingerprint density at radius 3 is 2.69 bits per heavy atom. The van der Waals surface area contributed by atoms with Gasteiger partial charge < -0.3 is 0 Å². The van der Waals surface area contributed by atoms with Crippen LogP contribution in [-0.4, -0.2) is 24.5 Å². The summed E-state index contributed by atoms with van der Waals surface area (Å²) >= 11 is 0. The quantitative estimate of drug-likeness (QED) is 0.603. The summed E-state index contributed by atoms with van der Waals surface area (Å²) < 4.78 is 3.17. The number of hydrogen-bond acceptors (Lipinski definition) is 4. The highest BCUT2D eigenvalue weighted by atomic mass is 15.3. The monoisotopic (exact) mass is 174 g/mol. The van der Waals surface area contributed by atoms with E-state index in [4.69, 9.17) is 5.26 Å². The fraction of sp³-hybridized carbons (Fsp3) is 0.143. The van der Waals surface area contributed by atoms with Crippen molar-refractivity contribution >= 4 is 0 Å². The van der Waals surface area contributed by atoms with E-state index in [2.05, 4.69) is 15.3 Å². The van der Waals surface area contributed by atoms with E-state index in [1.54, 1.807) is 22.5 Å². The third kappa shape index (κ3) is 1.16. The minimum absolute atomic E-state index is 0.502. The normalized spacial score (nSPS) is 9.85. The summed E-state index contributed by atoms with van der Waals surface area (Å²) in [4.78, 5) is 0. The molecule has 0 amide bonds. The Morgan fingerprint density at radius 2 is 2.08 bits per heavy atom. The fourth-order valence-corrected chi connectivity index (χ4v) is 1.06. The Morgan fingerprint density at radius 1 is 1.38 bits per heavy atom. The van der Waals surface area contributed by atoms with E-state index in [9.17, 15) is 0 Å². The van der Waals surface area contributed by atoms with Gasteiger partial charge in [0.15, 0.2) is 5.82 Å². The number of nitrogens with zero attached hydrogens (tertiary/aromatic N) is 6. The molecule has 0 atom stereocenters. The van der Waals surface area contributed by atoms with Crippen molar-refractivity contribution in [2.45, 2.75) is 0 Å². The summed E-state index contributed by atoms with van der Waals surface area (Å²) in [6.07, 6.45) is 4.65. The second-order valence-corrected chi connectivity index (χ2v) is 2.52. The average molecular weight is 174 g/mol. The lowest BCUT2D eigenvalue weighted by atomic mass is 10.3. The maximum atomic E-state index is 8.77. The van der Waals surface area contributed by atoms with Gasteiger partial charge in [-0.3, -0.25) is 9.25 Å². The summed E-state index contributed by atoms with van der Waals surface area (Å²) in [5, 5.41) is 20.1. The zero-order valence-corrected chi connectivity index (χ0v) is 6.92. The molecule has 0 N–H and O–H groups in total. The summed E-state index contributed by atoms with van der Waals surface area (Å²) in [6, 6.07) is 2.04. The van der Waals surface area contributed by atoms with Gasteiger partial charge in [0.25, 0.3) is 0 Å². The van der Waals surface area contributed by atoms with E-state index >= 15 is 0 Å². The van der Waals surface area contributed by atoms with Crippen LogP contribution in [0.15, 0.2) is 18.9 Å². The molecule has 2 aromatic rings. The maximum Gasteiger partial charge on any atom is 0.179 e. The van der Waals surface area contributed by atoms with Crippen LogP contribution in [-0.2, 0) is 7.05 Å². The molecule has 0 fully saturated rings. The standard InChI is InChI=1S/C7H6N6/c1-12-3-6(2-8)7(11-12)13-4-9-10-5-13/h3-5H,1H3. The molecular formula is C7H6N6. The van der Waals surface area contributed by atoms with E-state index in [1.807, 2.05) is 6.07 Å². The highest BCUT2D eigenvalue weighted by Crippen LogP contribution is 2.08. The lowest BCUT2D eigenvalue weighted by Gasteiger charge is -1.92. The number of hydrogen-bond donors (Lipinski definition) is 0. The van der Waals surface area contributed by atoms with Gasteiger partial charge in [-0.1, -0.05) is 0 Å². The molecule has 0 aliphatic carbocycles. The number of rotatable bonds is 1. The molecule has 64 valence electrons. The van der Waals surface area contributed by atoms with Gasteiger partial charge in [0.2, 0.25) is 0 Å². The van der Waals surface area contributed by atoms with Crippen molar-refractivity contribution in [2.75, 3.05) is 0 Å². The first-order valence-corrected chi connectivity index (χ1v) is 3.60. The number of nitriles is 1. The molecule has 0 bridgehead atoms. The van der Waals surface area contributed by atoms with Crippen LogP contribution in [0.4, 0.5) is 0 Å². The van der Waals surface area contributed by atoms with Gasteiger partial charge >= 0.3 is 0 Å². The predicted molar refractivity (Wildman–Crippen MR) is 42.8 cm³/mol. The van der Waals surface area contributed by atoms with E-state index in [0.717, 1.165) is 0 Å². The lowest BCUT2D eigenvalue weighted by Crippen LogP contribution is -1.95. The average Bonchev–Trinajstić information content (AvgIpc) is 2.71. The molecule has 0 aliphatic rings. The Balaban J connectivity index is 2.59. The molecule has 6 heteroatoms. The summed E-state index contributed by atoms with van der Waals surface area (Å²) in [5.41, 5.74) is 0.502. The van der Waals surface area contributed by atoms with Crippen molar-refractivity contribution in [1.82, 2.24) is 24.5 Å². The minimum Gasteiger partial charge on any atom is -0.272 e. The molecule has 2 heterocycles. The van der Waals surface area contributed by atoms with Crippen LogP contribution < -0.4 is 0 Å². The summed E-state index contributed by atoms with van der Waals surface area (Å²) in [7, 11) is 1.76. The van der Waals surface area contributed by atoms with Gasteiger partial charge in [-0.05, 0) is 0 Å².